The van der Waals surface area contributed by atoms with Crippen molar-refractivity contribution in [2.75, 3.05) is 19.6 Å². The Morgan fingerprint density at radius 2 is 1.89 bits per heavy atom. The zero-order valence-corrected chi connectivity index (χ0v) is 13.2. The molecule has 1 aliphatic heterocycles. The van der Waals surface area contributed by atoms with Gasteiger partial charge in [-0.25, -0.2) is 0 Å². The zero-order chi connectivity index (χ0) is 14.5. The number of nitrogens with two attached hydrogens (primary N) is 1. The van der Waals surface area contributed by atoms with Gasteiger partial charge in [0, 0.05) is 19.6 Å². The molecule has 112 valence electrons. The maximum absolute atomic E-state index is 12.5. The Kier molecular flexibility index (Phi) is 6.31. The van der Waals surface area contributed by atoms with E-state index >= 15 is 0 Å². The van der Waals surface area contributed by atoms with Crippen LogP contribution < -0.4 is 5.73 Å². The topological polar surface area (TPSA) is 46.3 Å². The van der Waals surface area contributed by atoms with E-state index in [1.807, 2.05) is 0 Å². The van der Waals surface area contributed by atoms with Gasteiger partial charge in [0.2, 0.25) is 5.91 Å². The van der Waals surface area contributed by atoms with E-state index in [0.29, 0.717) is 6.54 Å². The van der Waals surface area contributed by atoms with Crippen molar-refractivity contribution in [2.45, 2.75) is 59.8 Å². The van der Waals surface area contributed by atoms with Crippen molar-refractivity contribution in [1.29, 1.82) is 0 Å². The summed E-state index contributed by atoms with van der Waals surface area (Å²) in [5.41, 5.74) is 5.98. The van der Waals surface area contributed by atoms with Gasteiger partial charge in [-0.15, -0.1) is 0 Å². The molecule has 0 aromatic heterocycles. The van der Waals surface area contributed by atoms with Crippen molar-refractivity contribution in [3.8, 4) is 0 Å². The molecule has 0 radical (unpaired) electrons. The van der Waals surface area contributed by atoms with Crippen LogP contribution in [-0.2, 0) is 4.79 Å². The predicted molar refractivity (Wildman–Crippen MR) is 80.8 cm³/mol. The second-order valence-electron chi connectivity index (χ2n) is 7.25. The molecule has 1 atom stereocenters. The number of likely N-dealkylation sites (tertiary alicyclic amines) is 1. The van der Waals surface area contributed by atoms with E-state index in [2.05, 4.69) is 32.6 Å². The van der Waals surface area contributed by atoms with Crippen LogP contribution in [0.5, 0.6) is 0 Å². The number of nitrogens with zero attached hydrogens (tertiary/aromatic N) is 1. The molecule has 2 N–H and O–H groups in total. The van der Waals surface area contributed by atoms with Crippen LogP contribution in [0.3, 0.4) is 0 Å². The largest absolute Gasteiger partial charge is 0.342 e. The molecule has 1 amide bonds. The minimum atomic E-state index is 0.00252. The summed E-state index contributed by atoms with van der Waals surface area (Å²) in [5.74, 6) is 1.11. The number of carbonyl (C=O) groups excluding carboxylic acids is 1. The molecule has 1 rings (SSSR count). The molecular weight excluding hydrogens is 236 g/mol. The van der Waals surface area contributed by atoms with Crippen LogP contribution in [0.15, 0.2) is 0 Å². The number of hydrogen-bond acceptors (Lipinski definition) is 2. The molecule has 0 saturated carbocycles. The highest BCUT2D eigenvalue weighted by Crippen LogP contribution is 2.27. The lowest BCUT2D eigenvalue weighted by atomic mass is 9.83. The van der Waals surface area contributed by atoms with Gasteiger partial charge in [0.15, 0.2) is 0 Å². The SMILES string of the molecule is CCCC1CCN(C(=O)C(CN)CC(C)(C)C)CC1. The van der Waals surface area contributed by atoms with Gasteiger partial charge in [0.25, 0.3) is 0 Å². The number of hydrogen-bond donors (Lipinski definition) is 1. The average Bonchev–Trinajstić information content (AvgIpc) is 2.35. The fourth-order valence-electron chi connectivity index (χ4n) is 3.12. The molecule has 1 heterocycles. The fourth-order valence-corrected chi connectivity index (χ4v) is 3.12. The van der Waals surface area contributed by atoms with E-state index in [0.717, 1.165) is 25.4 Å². The van der Waals surface area contributed by atoms with E-state index < -0.39 is 0 Å². The van der Waals surface area contributed by atoms with E-state index in [-0.39, 0.29) is 17.2 Å². The van der Waals surface area contributed by atoms with Crippen LogP contribution in [0.25, 0.3) is 0 Å². The van der Waals surface area contributed by atoms with Gasteiger partial charge in [0.05, 0.1) is 5.92 Å². The molecule has 0 aliphatic carbocycles. The Bertz CT molecular complexity index is 275. The maximum atomic E-state index is 12.5. The van der Waals surface area contributed by atoms with Crippen LogP contribution in [-0.4, -0.2) is 30.4 Å². The minimum Gasteiger partial charge on any atom is -0.342 e. The molecule has 1 aliphatic rings. The lowest BCUT2D eigenvalue weighted by Crippen LogP contribution is -2.44. The zero-order valence-electron chi connectivity index (χ0n) is 13.2. The summed E-state index contributed by atoms with van der Waals surface area (Å²) in [6.45, 7) is 11.1. The maximum Gasteiger partial charge on any atom is 0.226 e. The van der Waals surface area contributed by atoms with Crippen LogP contribution in [0.2, 0.25) is 0 Å². The third-order valence-corrected chi connectivity index (χ3v) is 4.12. The van der Waals surface area contributed by atoms with Crippen molar-refractivity contribution in [2.24, 2.45) is 23.0 Å². The standard InChI is InChI=1S/C16H32N2O/c1-5-6-13-7-9-18(10-8-13)15(19)14(12-17)11-16(2,3)4/h13-14H,5-12,17H2,1-4H3. The van der Waals surface area contributed by atoms with Gasteiger partial charge in [-0.2, -0.15) is 0 Å². The fraction of sp³-hybridized carbons (Fsp3) is 0.938. The summed E-state index contributed by atoms with van der Waals surface area (Å²) < 4.78 is 0. The monoisotopic (exact) mass is 268 g/mol. The van der Waals surface area contributed by atoms with Crippen molar-refractivity contribution in [3.63, 3.8) is 0 Å². The van der Waals surface area contributed by atoms with Crippen molar-refractivity contribution < 1.29 is 4.79 Å². The molecule has 1 fully saturated rings. The molecule has 0 aromatic carbocycles. The van der Waals surface area contributed by atoms with Gasteiger partial charge in [-0.05, 0) is 30.6 Å². The van der Waals surface area contributed by atoms with Crippen molar-refractivity contribution in [1.82, 2.24) is 4.90 Å². The van der Waals surface area contributed by atoms with Crippen molar-refractivity contribution in [3.05, 3.63) is 0 Å². The first-order chi connectivity index (χ1) is 8.87. The number of carbonyl (C=O) groups is 1. The summed E-state index contributed by atoms with van der Waals surface area (Å²) in [6, 6.07) is 0. The Hall–Kier alpha value is -0.570. The highest BCUT2D eigenvalue weighted by Gasteiger charge is 2.29. The van der Waals surface area contributed by atoms with E-state index in [1.54, 1.807) is 0 Å². The molecule has 3 nitrogen and oxygen atoms in total. The summed E-state index contributed by atoms with van der Waals surface area (Å²) in [6.07, 6.45) is 5.80. The van der Waals surface area contributed by atoms with Crippen LogP contribution >= 0.6 is 0 Å². The minimum absolute atomic E-state index is 0.00252. The van der Waals surface area contributed by atoms with E-state index in [4.69, 9.17) is 5.73 Å². The molecule has 0 aromatic rings. The quantitative estimate of drug-likeness (QED) is 0.833. The number of rotatable bonds is 5. The molecule has 0 bridgehead atoms. The van der Waals surface area contributed by atoms with Gasteiger partial charge < -0.3 is 10.6 Å². The lowest BCUT2D eigenvalue weighted by Gasteiger charge is -2.35. The molecule has 0 spiro atoms. The molecular formula is C16H32N2O. The Morgan fingerprint density at radius 1 is 1.32 bits per heavy atom. The Labute approximate surface area is 118 Å². The second kappa shape index (κ2) is 7.28. The molecule has 19 heavy (non-hydrogen) atoms. The Balaban J connectivity index is 2.48. The van der Waals surface area contributed by atoms with E-state index in [9.17, 15) is 4.79 Å². The van der Waals surface area contributed by atoms with Gasteiger partial charge in [-0.3, -0.25) is 4.79 Å². The highest BCUT2D eigenvalue weighted by molar-refractivity contribution is 5.79. The normalized spacial score (nSPS) is 19.5. The van der Waals surface area contributed by atoms with Crippen molar-refractivity contribution >= 4 is 5.91 Å². The van der Waals surface area contributed by atoms with Crippen LogP contribution in [0.1, 0.15) is 59.8 Å². The smallest absolute Gasteiger partial charge is 0.226 e. The summed E-state index contributed by atoms with van der Waals surface area (Å²) in [4.78, 5) is 14.6. The van der Waals surface area contributed by atoms with Gasteiger partial charge in [-0.1, -0.05) is 40.5 Å². The summed E-state index contributed by atoms with van der Waals surface area (Å²) in [7, 11) is 0. The Morgan fingerprint density at radius 3 is 2.32 bits per heavy atom. The average molecular weight is 268 g/mol. The summed E-state index contributed by atoms with van der Waals surface area (Å²) in [5, 5.41) is 0. The number of amides is 1. The number of piperidine rings is 1. The van der Waals surface area contributed by atoms with Crippen LogP contribution in [0, 0.1) is 17.3 Å². The van der Waals surface area contributed by atoms with Gasteiger partial charge in [0.1, 0.15) is 0 Å². The molecule has 1 unspecified atom stereocenters. The first kappa shape index (κ1) is 16.5. The molecule has 1 saturated heterocycles. The van der Waals surface area contributed by atoms with Crippen LogP contribution in [0.4, 0.5) is 0 Å². The second-order valence-corrected chi connectivity index (χ2v) is 7.25. The van der Waals surface area contributed by atoms with Gasteiger partial charge >= 0.3 is 0 Å². The highest BCUT2D eigenvalue weighted by atomic mass is 16.2. The third-order valence-electron chi connectivity index (χ3n) is 4.12. The summed E-state index contributed by atoms with van der Waals surface area (Å²) >= 11 is 0. The first-order valence-corrected chi connectivity index (χ1v) is 7.86. The third kappa shape index (κ3) is 5.52. The lowest BCUT2D eigenvalue weighted by molar-refractivity contribution is -0.137. The van der Waals surface area contributed by atoms with E-state index in [1.165, 1.54) is 25.7 Å². The molecule has 3 heteroatoms. The first-order valence-electron chi connectivity index (χ1n) is 7.86. The predicted octanol–water partition coefficient (Wildman–Crippen LogP) is 3.04.